The van der Waals surface area contributed by atoms with E-state index < -0.39 is 23.4 Å². The fourth-order valence-electron chi connectivity index (χ4n) is 2.41. The highest BCUT2D eigenvalue weighted by Crippen LogP contribution is 2.40. The molecule has 1 aromatic carbocycles. The number of hydrogen-bond acceptors (Lipinski definition) is 6. The molecule has 1 heterocycles. The molecule has 0 spiro atoms. The third-order valence-electron chi connectivity index (χ3n) is 3.64. The normalized spacial score (nSPS) is 19.8. The third-order valence-corrected chi connectivity index (χ3v) is 3.64. The van der Waals surface area contributed by atoms with Crippen molar-refractivity contribution in [1.29, 1.82) is 0 Å². The number of carbonyl (C=O) groups excluding carboxylic acids is 1. The van der Waals surface area contributed by atoms with Crippen molar-refractivity contribution in [1.82, 2.24) is 0 Å². The van der Waals surface area contributed by atoms with Crippen molar-refractivity contribution in [3.05, 3.63) is 29.7 Å². The Hall–Kier alpha value is -2.83. The lowest BCUT2D eigenvalue weighted by Crippen LogP contribution is -2.36. The van der Waals surface area contributed by atoms with Gasteiger partial charge in [0, 0.05) is 32.3 Å². The summed E-state index contributed by atoms with van der Waals surface area (Å²) in [7, 11) is 3.72. The second kappa shape index (κ2) is 4.87. The first kappa shape index (κ1) is 14.1. The van der Waals surface area contributed by atoms with Gasteiger partial charge in [-0.05, 0) is 12.1 Å². The van der Waals surface area contributed by atoms with Crippen LogP contribution in [0, 0.1) is 5.92 Å². The molecular weight excluding hydrogens is 288 g/mol. The van der Waals surface area contributed by atoms with Crippen LogP contribution < -0.4 is 9.64 Å². The Bertz CT molecular complexity index is 748. The molecule has 7 heteroatoms. The van der Waals surface area contributed by atoms with Gasteiger partial charge in [0.15, 0.2) is 11.5 Å². The molecule has 2 aliphatic rings. The molecule has 1 aliphatic carbocycles. The minimum absolute atomic E-state index is 0.0784. The lowest BCUT2D eigenvalue weighted by atomic mass is 9.88. The molecular formula is C15H14N2O5. The van der Waals surface area contributed by atoms with Crippen molar-refractivity contribution in [2.24, 2.45) is 10.9 Å². The molecule has 1 unspecified atom stereocenters. The number of aliphatic carboxylic acids is 1. The second-order valence-corrected chi connectivity index (χ2v) is 5.34. The molecule has 0 amide bonds. The number of ketones is 1. The Labute approximate surface area is 126 Å². The van der Waals surface area contributed by atoms with E-state index >= 15 is 0 Å². The first-order valence-electron chi connectivity index (χ1n) is 6.66. The molecule has 2 N–H and O–H groups in total. The predicted molar refractivity (Wildman–Crippen MR) is 78.9 cm³/mol. The van der Waals surface area contributed by atoms with Gasteiger partial charge < -0.3 is 19.8 Å². The number of anilines is 1. The van der Waals surface area contributed by atoms with Crippen LogP contribution in [-0.4, -0.2) is 41.8 Å². The Morgan fingerprint density at radius 3 is 2.77 bits per heavy atom. The van der Waals surface area contributed by atoms with Gasteiger partial charge in [0.25, 0.3) is 0 Å². The lowest BCUT2D eigenvalue weighted by Gasteiger charge is -2.27. The SMILES string of the molecule is CN(C)c1ccc2c(c1)OC1=C(O)C(=O)CC(C(=O)O)C1=N2. The maximum absolute atomic E-state index is 11.7. The van der Waals surface area contributed by atoms with Gasteiger partial charge in [-0.3, -0.25) is 9.59 Å². The summed E-state index contributed by atoms with van der Waals surface area (Å²) in [5.41, 5.74) is 1.40. The number of nitrogens with zero attached hydrogens (tertiary/aromatic N) is 2. The summed E-state index contributed by atoms with van der Waals surface area (Å²) in [6.45, 7) is 0. The van der Waals surface area contributed by atoms with Gasteiger partial charge in [-0.15, -0.1) is 0 Å². The van der Waals surface area contributed by atoms with Crippen LogP contribution in [0.1, 0.15) is 6.42 Å². The number of Topliss-reactive ketones (excluding diaryl/α,β-unsaturated/α-hetero) is 1. The largest absolute Gasteiger partial charge is 0.502 e. The smallest absolute Gasteiger partial charge is 0.313 e. The van der Waals surface area contributed by atoms with Crippen molar-refractivity contribution in [3.8, 4) is 5.75 Å². The first-order chi connectivity index (χ1) is 10.4. The van der Waals surface area contributed by atoms with Crippen molar-refractivity contribution in [2.45, 2.75) is 6.42 Å². The van der Waals surface area contributed by atoms with Crippen LogP contribution in [0.2, 0.25) is 0 Å². The molecule has 1 atom stereocenters. The van der Waals surface area contributed by atoms with Gasteiger partial charge in [-0.1, -0.05) is 0 Å². The quantitative estimate of drug-likeness (QED) is 0.862. The van der Waals surface area contributed by atoms with Gasteiger partial charge in [0.05, 0.1) is 0 Å². The zero-order valence-corrected chi connectivity index (χ0v) is 12.0. The Balaban J connectivity index is 2.15. The molecule has 1 aromatic rings. The van der Waals surface area contributed by atoms with Crippen molar-refractivity contribution in [3.63, 3.8) is 0 Å². The third kappa shape index (κ3) is 2.11. The van der Waals surface area contributed by atoms with Gasteiger partial charge >= 0.3 is 5.97 Å². The maximum atomic E-state index is 11.7. The summed E-state index contributed by atoms with van der Waals surface area (Å²) in [5.74, 6) is -3.30. The lowest BCUT2D eigenvalue weighted by molar-refractivity contribution is -0.141. The molecule has 0 radical (unpaired) electrons. The highest BCUT2D eigenvalue weighted by Gasteiger charge is 2.41. The first-order valence-corrected chi connectivity index (χ1v) is 6.66. The molecule has 114 valence electrons. The topological polar surface area (TPSA) is 99.4 Å². The van der Waals surface area contributed by atoms with E-state index in [1.165, 1.54) is 0 Å². The fraction of sp³-hybridized carbons (Fsp3) is 0.267. The summed E-state index contributed by atoms with van der Waals surface area (Å²) >= 11 is 0. The summed E-state index contributed by atoms with van der Waals surface area (Å²) in [4.78, 5) is 29.2. The van der Waals surface area contributed by atoms with Gasteiger partial charge in [-0.2, -0.15) is 0 Å². The predicted octanol–water partition coefficient (Wildman–Crippen LogP) is 1.66. The average molecular weight is 302 g/mol. The number of fused-ring (bicyclic) bond motifs is 2. The number of aliphatic imine (C=N–C) groups is 1. The molecule has 7 nitrogen and oxygen atoms in total. The summed E-state index contributed by atoms with van der Waals surface area (Å²) < 4.78 is 5.58. The molecule has 0 bridgehead atoms. The van der Waals surface area contributed by atoms with E-state index in [0.29, 0.717) is 11.4 Å². The van der Waals surface area contributed by atoms with Gasteiger partial charge in [-0.25, -0.2) is 4.99 Å². The number of carboxylic acids is 1. The average Bonchev–Trinajstić information content (AvgIpc) is 2.48. The standard InChI is InChI=1S/C15H14N2O5/c1-17(2)7-3-4-9-11(5-7)22-14-12(16-9)8(15(20)21)6-10(18)13(14)19/h3-5,8,19H,6H2,1-2H3,(H,20,21). The number of ether oxygens (including phenoxy) is 1. The summed E-state index contributed by atoms with van der Waals surface area (Å²) in [6, 6.07) is 5.25. The maximum Gasteiger partial charge on any atom is 0.313 e. The minimum Gasteiger partial charge on any atom is -0.502 e. The Morgan fingerprint density at radius 1 is 1.41 bits per heavy atom. The summed E-state index contributed by atoms with van der Waals surface area (Å²) in [5, 5.41) is 19.1. The van der Waals surface area contributed by atoms with Crippen LogP contribution in [0.3, 0.4) is 0 Å². The van der Waals surface area contributed by atoms with Crippen LogP contribution in [0.15, 0.2) is 34.7 Å². The number of carboxylic acid groups (broad SMARTS) is 1. The summed E-state index contributed by atoms with van der Waals surface area (Å²) in [6.07, 6.45) is -0.321. The highest BCUT2D eigenvalue weighted by molar-refractivity contribution is 6.20. The number of aliphatic hydroxyl groups is 1. The number of allylic oxidation sites excluding steroid dienone is 2. The monoisotopic (exact) mass is 302 g/mol. The zero-order chi connectivity index (χ0) is 16.0. The van der Waals surface area contributed by atoms with E-state index in [1.807, 2.05) is 25.1 Å². The van der Waals surface area contributed by atoms with E-state index in [1.54, 1.807) is 12.1 Å². The number of benzene rings is 1. The van der Waals surface area contributed by atoms with Crippen LogP contribution in [-0.2, 0) is 9.59 Å². The number of rotatable bonds is 2. The fourth-order valence-corrected chi connectivity index (χ4v) is 2.41. The number of carbonyl (C=O) groups is 2. The highest BCUT2D eigenvalue weighted by atomic mass is 16.5. The molecule has 1 aliphatic heterocycles. The molecule has 0 aromatic heterocycles. The number of aliphatic hydroxyl groups excluding tert-OH is 1. The van der Waals surface area contributed by atoms with Crippen LogP contribution in [0.4, 0.5) is 11.4 Å². The molecule has 0 saturated heterocycles. The van der Waals surface area contributed by atoms with E-state index in [9.17, 15) is 19.8 Å². The minimum atomic E-state index is -1.17. The van der Waals surface area contributed by atoms with Gasteiger partial charge in [0.2, 0.25) is 11.5 Å². The van der Waals surface area contributed by atoms with E-state index in [-0.39, 0.29) is 17.9 Å². The molecule has 0 saturated carbocycles. The van der Waals surface area contributed by atoms with E-state index in [0.717, 1.165) is 5.69 Å². The second-order valence-electron chi connectivity index (χ2n) is 5.34. The molecule has 22 heavy (non-hydrogen) atoms. The van der Waals surface area contributed by atoms with Crippen LogP contribution in [0.5, 0.6) is 5.75 Å². The molecule has 3 rings (SSSR count). The zero-order valence-electron chi connectivity index (χ0n) is 12.0. The molecule has 0 fully saturated rings. The Morgan fingerprint density at radius 2 is 2.14 bits per heavy atom. The number of hydrogen-bond donors (Lipinski definition) is 2. The van der Waals surface area contributed by atoms with Crippen LogP contribution >= 0.6 is 0 Å². The Kier molecular flexibility index (Phi) is 3.13. The van der Waals surface area contributed by atoms with Crippen LogP contribution in [0.25, 0.3) is 0 Å². The van der Waals surface area contributed by atoms with Gasteiger partial charge in [0.1, 0.15) is 17.3 Å². The van der Waals surface area contributed by atoms with E-state index in [2.05, 4.69) is 4.99 Å². The van der Waals surface area contributed by atoms with E-state index in [4.69, 9.17) is 4.74 Å². The van der Waals surface area contributed by atoms with Crippen molar-refractivity contribution in [2.75, 3.05) is 19.0 Å². The van der Waals surface area contributed by atoms with Crippen molar-refractivity contribution >= 4 is 28.8 Å². The van der Waals surface area contributed by atoms with Crippen molar-refractivity contribution < 1.29 is 24.5 Å².